The number of ether oxygens (including phenoxy) is 3. The van der Waals surface area contributed by atoms with E-state index in [4.69, 9.17) is 19.3 Å². The number of hydrogen-bond donors (Lipinski definition) is 4. The van der Waals surface area contributed by atoms with E-state index in [0.29, 0.717) is 26.2 Å². The van der Waals surface area contributed by atoms with Gasteiger partial charge in [-0.1, -0.05) is 12.1 Å². The van der Waals surface area contributed by atoms with Gasteiger partial charge in [-0.25, -0.2) is 4.39 Å². The van der Waals surface area contributed by atoms with Crippen molar-refractivity contribution in [2.24, 2.45) is 0 Å². The van der Waals surface area contributed by atoms with Gasteiger partial charge in [-0.15, -0.1) is 0 Å². The number of benzene rings is 2. The molecule has 12 heteroatoms. The van der Waals surface area contributed by atoms with Crippen molar-refractivity contribution in [2.75, 3.05) is 34.0 Å². The maximum Gasteiger partial charge on any atom is 0.249 e. The number of aliphatic hydroxyl groups excluding tert-OH is 3. The number of amides is 2. The molecule has 0 fully saturated rings. The van der Waals surface area contributed by atoms with Gasteiger partial charge in [0.15, 0.2) is 11.5 Å². The quantitative estimate of drug-likeness (QED) is 0.252. The van der Waals surface area contributed by atoms with Gasteiger partial charge in [-0.2, -0.15) is 0 Å². The average molecular weight is 658 g/mol. The molecule has 0 aliphatic heterocycles. The fourth-order valence-electron chi connectivity index (χ4n) is 4.28. The molecule has 3 unspecified atom stereocenters. The van der Waals surface area contributed by atoms with Gasteiger partial charge in [0.05, 0.1) is 29.9 Å². The highest BCUT2D eigenvalue weighted by Crippen LogP contribution is 2.37. The van der Waals surface area contributed by atoms with E-state index in [1.165, 1.54) is 49.5 Å². The zero-order valence-electron chi connectivity index (χ0n) is 21.6. The number of hydrogen-bond acceptors (Lipinski definition) is 8. The summed E-state index contributed by atoms with van der Waals surface area (Å²) >= 11 is 2.02. The van der Waals surface area contributed by atoms with Crippen LogP contribution in [0.3, 0.4) is 0 Å². The standard InChI is InChI=1S/C27H32FIN2O8/c1-37-15-24(34)31(13-16-3-5-19(28)6-4-16)21-11-18(27(36)30-7-8-32)12-22(25(21)35)39-26-20(29)9-17(14-33)10-23(26)38-2/h3-6,9-10,12,21-22,25,32-33,35H,7-8,11,13-15H2,1-2H3,(H,30,36). The smallest absolute Gasteiger partial charge is 0.249 e. The van der Waals surface area contributed by atoms with Crippen molar-refractivity contribution in [1.82, 2.24) is 10.2 Å². The number of aliphatic hydroxyl groups is 3. The Balaban J connectivity index is 2.02. The summed E-state index contributed by atoms with van der Waals surface area (Å²) in [6, 6.07) is 8.00. The minimum atomic E-state index is -1.28. The maximum atomic E-state index is 13.5. The van der Waals surface area contributed by atoms with E-state index in [1.807, 2.05) is 22.6 Å². The topological polar surface area (TPSA) is 138 Å². The summed E-state index contributed by atoms with van der Waals surface area (Å²) in [7, 11) is 2.81. The van der Waals surface area contributed by atoms with Crippen LogP contribution in [0.4, 0.5) is 4.39 Å². The number of nitrogens with one attached hydrogen (secondary N) is 1. The SMILES string of the molecule is COCC(=O)N(Cc1ccc(F)cc1)C1CC(C(=O)NCCO)=CC(Oc2c(I)cc(CO)cc2OC)C1O. The highest BCUT2D eigenvalue weighted by molar-refractivity contribution is 14.1. The second kappa shape index (κ2) is 14.6. The highest BCUT2D eigenvalue weighted by Gasteiger charge is 2.41. The fraction of sp³-hybridized carbons (Fsp3) is 0.407. The van der Waals surface area contributed by atoms with Gasteiger partial charge in [-0.3, -0.25) is 9.59 Å². The molecule has 2 aromatic carbocycles. The minimum absolute atomic E-state index is 0.00733. The average Bonchev–Trinajstić information content (AvgIpc) is 2.93. The third-order valence-corrected chi connectivity index (χ3v) is 7.00. The van der Waals surface area contributed by atoms with Gasteiger partial charge in [0, 0.05) is 32.2 Å². The predicted molar refractivity (Wildman–Crippen MR) is 147 cm³/mol. The van der Waals surface area contributed by atoms with E-state index in [1.54, 1.807) is 12.1 Å². The van der Waals surface area contributed by atoms with Crippen LogP contribution in [0.5, 0.6) is 11.5 Å². The van der Waals surface area contributed by atoms with Gasteiger partial charge >= 0.3 is 0 Å². The Hall–Kier alpha value is -2.78. The molecular weight excluding hydrogens is 626 g/mol. The Labute approximate surface area is 239 Å². The normalized spacial score (nSPS) is 18.7. The molecule has 0 bridgehead atoms. The monoisotopic (exact) mass is 658 g/mol. The number of carbonyl (C=O) groups excluding carboxylic acids is 2. The molecule has 2 amide bonds. The third-order valence-electron chi connectivity index (χ3n) is 6.19. The van der Waals surface area contributed by atoms with Crippen molar-refractivity contribution in [3.63, 3.8) is 0 Å². The van der Waals surface area contributed by atoms with E-state index < -0.39 is 35.9 Å². The first kappa shape index (κ1) is 30.8. The van der Waals surface area contributed by atoms with Crippen LogP contribution in [0.1, 0.15) is 17.5 Å². The molecule has 212 valence electrons. The first-order chi connectivity index (χ1) is 18.7. The van der Waals surface area contributed by atoms with E-state index in [9.17, 15) is 24.2 Å². The van der Waals surface area contributed by atoms with Crippen molar-refractivity contribution < 1.29 is 43.5 Å². The van der Waals surface area contributed by atoms with E-state index in [0.717, 1.165) is 0 Å². The molecule has 0 spiro atoms. The van der Waals surface area contributed by atoms with Crippen LogP contribution in [0.25, 0.3) is 0 Å². The van der Waals surface area contributed by atoms with Gasteiger partial charge in [0.25, 0.3) is 0 Å². The summed E-state index contributed by atoms with van der Waals surface area (Å²) in [4.78, 5) is 27.5. The lowest BCUT2D eigenvalue weighted by Gasteiger charge is -2.40. The predicted octanol–water partition coefficient (Wildman–Crippen LogP) is 1.52. The third kappa shape index (κ3) is 7.88. The van der Waals surface area contributed by atoms with Crippen LogP contribution >= 0.6 is 22.6 Å². The van der Waals surface area contributed by atoms with Crippen molar-refractivity contribution >= 4 is 34.4 Å². The Morgan fingerprint density at radius 1 is 1.15 bits per heavy atom. The number of nitrogens with zero attached hydrogens (tertiary/aromatic N) is 1. The Morgan fingerprint density at radius 2 is 1.87 bits per heavy atom. The zero-order chi connectivity index (χ0) is 28.5. The maximum absolute atomic E-state index is 13.5. The molecule has 2 aromatic rings. The van der Waals surface area contributed by atoms with Crippen LogP contribution in [0, 0.1) is 9.39 Å². The largest absolute Gasteiger partial charge is 0.493 e. The van der Waals surface area contributed by atoms with Gasteiger partial charge in [0.2, 0.25) is 11.8 Å². The molecular formula is C27H32FIN2O8. The van der Waals surface area contributed by atoms with Crippen LogP contribution in [0.15, 0.2) is 48.0 Å². The molecule has 0 aromatic heterocycles. The summed E-state index contributed by atoms with van der Waals surface area (Å²) in [5.41, 5.74) is 1.46. The molecule has 3 atom stereocenters. The lowest BCUT2D eigenvalue weighted by atomic mass is 9.87. The first-order valence-corrected chi connectivity index (χ1v) is 13.2. The molecule has 10 nitrogen and oxygen atoms in total. The van der Waals surface area contributed by atoms with Gasteiger partial charge in [0.1, 0.15) is 24.6 Å². The van der Waals surface area contributed by atoms with Crippen LogP contribution in [0.2, 0.25) is 0 Å². The van der Waals surface area contributed by atoms with Crippen molar-refractivity contribution in [2.45, 2.75) is 37.8 Å². The zero-order valence-corrected chi connectivity index (χ0v) is 23.8. The highest BCUT2D eigenvalue weighted by atomic mass is 127. The Morgan fingerprint density at radius 3 is 2.49 bits per heavy atom. The second-order valence-corrected chi connectivity index (χ2v) is 10.0. The van der Waals surface area contributed by atoms with E-state index in [2.05, 4.69) is 5.32 Å². The Kier molecular flexibility index (Phi) is 11.5. The van der Waals surface area contributed by atoms with Crippen molar-refractivity contribution in [1.29, 1.82) is 0 Å². The minimum Gasteiger partial charge on any atom is -0.493 e. The number of halogens is 2. The molecule has 0 saturated carbocycles. The number of carbonyl (C=O) groups is 2. The van der Waals surface area contributed by atoms with Crippen molar-refractivity contribution in [3.05, 3.63) is 68.6 Å². The molecule has 3 rings (SSSR count). The molecule has 4 N–H and O–H groups in total. The summed E-state index contributed by atoms with van der Waals surface area (Å²) in [6.07, 6.45) is -0.877. The molecule has 39 heavy (non-hydrogen) atoms. The molecule has 0 saturated heterocycles. The lowest BCUT2D eigenvalue weighted by Crippen LogP contribution is -2.55. The number of rotatable bonds is 12. The Bertz CT molecular complexity index is 1180. The fourth-order valence-corrected chi connectivity index (χ4v) is 5.07. The van der Waals surface area contributed by atoms with Crippen molar-refractivity contribution in [3.8, 4) is 11.5 Å². The lowest BCUT2D eigenvalue weighted by molar-refractivity contribution is -0.143. The van der Waals surface area contributed by atoms with Crippen LogP contribution in [-0.4, -0.2) is 84.3 Å². The molecule has 1 aliphatic carbocycles. The van der Waals surface area contributed by atoms with Crippen LogP contribution in [-0.2, 0) is 27.5 Å². The van der Waals surface area contributed by atoms with E-state index in [-0.39, 0.29) is 44.9 Å². The molecule has 0 radical (unpaired) electrons. The summed E-state index contributed by atoms with van der Waals surface area (Å²) in [6.45, 7) is -0.712. The van der Waals surface area contributed by atoms with Gasteiger partial charge < -0.3 is 39.7 Å². The van der Waals surface area contributed by atoms with Crippen LogP contribution < -0.4 is 14.8 Å². The molecule has 1 aliphatic rings. The molecule has 0 heterocycles. The first-order valence-electron chi connectivity index (χ1n) is 12.2. The summed E-state index contributed by atoms with van der Waals surface area (Å²) in [5, 5.41) is 32.8. The summed E-state index contributed by atoms with van der Waals surface area (Å²) < 4.78 is 30.8. The summed E-state index contributed by atoms with van der Waals surface area (Å²) in [5.74, 6) is -0.742. The van der Waals surface area contributed by atoms with E-state index >= 15 is 0 Å². The second-order valence-electron chi connectivity index (χ2n) is 8.86. The van der Waals surface area contributed by atoms with Gasteiger partial charge in [-0.05, 0) is 64.1 Å². The number of methoxy groups -OCH3 is 2.